The number of hydrogen-bond donors (Lipinski definition) is 1. The van der Waals surface area contributed by atoms with E-state index in [-0.39, 0.29) is 5.54 Å². The second-order valence-corrected chi connectivity index (χ2v) is 6.49. The highest BCUT2D eigenvalue weighted by molar-refractivity contribution is 4.96. The summed E-state index contributed by atoms with van der Waals surface area (Å²) in [5.41, 5.74) is 6.79. The number of hydrogen-bond acceptors (Lipinski definition) is 2. The van der Waals surface area contributed by atoms with E-state index in [4.69, 9.17) is 5.73 Å². The minimum atomic E-state index is 0.211. The molecule has 0 spiro atoms. The first kappa shape index (κ1) is 16.0. The standard InChI is InChI=1S/C16H34N2/c1-5-10-14(3)13-15(17)16(4,6-2)18-11-8-7-9-12-18/h14-15H,5-13,17H2,1-4H3. The molecule has 1 saturated heterocycles. The van der Waals surface area contributed by atoms with Crippen molar-refractivity contribution in [2.24, 2.45) is 11.7 Å². The molecule has 0 radical (unpaired) electrons. The van der Waals surface area contributed by atoms with Crippen molar-refractivity contribution in [1.82, 2.24) is 4.90 Å². The maximum absolute atomic E-state index is 6.58. The van der Waals surface area contributed by atoms with Gasteiger partial charge in [-0.15, -0.1) is 0 Å². The minimum Gasteiger partial charge on any atom is -0.326 e. The summed E-state index contributed by atoms with van der Waals surface area (Å²) < 4.78 is 0. The molecule has 18 heavy (non-hydrogen) atoms. The molecular weight excluding hydrogens is 220 g/mol. The molecule has 108 valence electrons. The third-order valence-electron chi connectivity index (χ3n) is 5.03. The van der Waals surface area contributed by atoms with Crippen molar-refractivity contribution in [2.75, 3.05) is 13.1 Å². The van der Waals surface area contributed by atoms with Crippen LogP contribution in [0.25, 0.3) is 0 Å². The average Bonchev–Trinajstić information content (AvgIpc) is 2.39. The van der Waals surface area contributed by atoms with Crippen molar-refractivity contribution >= 4 is 0 Å². The van der Waals surface area contributed by atoms with Crippen LogP contribution in [0.2, 0.25) is 0 Å². The Morgan fingerprint density at radius 1 is 1.17 bits per heavy atom. The Morgan fingerprint density at radius 2 is 1.78 bits per heavy atom. The maximum atomic E-state index is 6.58. The van der Waals surface area contributed by atoms with Gasteiger partial charge in [-0.1, -0.05) is 40.0 Å². The number of nitrogens with zero attached hydrogens (tertiary/aromatic N) is 1. The van der Waals surface area contributed by atoms with Crippen LogP contribution in [0.1, 0.15) is 72.6 Å². The van der Waals surface area contributed by atoms with E-state index in [2.05, 4.69) is 32.6 Å². The fourth-order valence-electron chi connectivity index (χ4n) is 3.42. The Labute approximate surface area is 114 Å². The van der Waals surface area contributed by atoms with Gasteiger partial charge in [0.15, 0.2) is 0 Å². The molecule has 1 rings (SSSR count). The van der Waals surface area contributed by atoms with E-state index in [0.717, 1.165) is 5.92 Å². The third kappa shape index (κ3) is 3.96. The van der Waals surface area contributed by atoms with Crippen LogP contribution >= 0.6 is 0 Å². The van der Waals surface area contributed by atoms with Crippen LogP contribution in [0.5, 0.6) is 0 Å². The van der Waals surface area contributed by atoms with Crippen LogP contribution in [-0.4, -0.2) is 29.6 Å². The van der Waals surface area contributed by atoms with E-state index in [1.54, 1.807) is 0 Å². The van der Waals surface area contributed by atoms with Crippen molar-refractivity contribution in [3.63, 3.8) is 0 Å². The van der Waals surface area contributed by atoms with Gasteiger partial charge in [-0.25, -0.2) is 0 Å². The molecule has 1 heterocycles. The van der Waals surface area contributed by atoms with E-state index in [9.17, 15) is 0 Å². The molecular formula is C16H34N2. The van der Waals surface area contributed by atoms with Crippen LogP contribution in [0.4, 0.5) is 0 Å². The van der Waals surface area contributed by atoms with Gasteiger partial charge < -0.3 is 5.73 Å². The van der Waals surface area contributed by atoms with Gasteiger partial charge in [0.25, 0.3) is 0 Å². The van der Waals surface area contributed by atoms with E-state index < -0.39 is 0 Å². The Balaban J connectivity index is 2.60. The van der Waals surface area contributed by atoms with Crippen LogP contribution in [0, 0.1) is 5.92 Å². The molecule has 0 amide bonds. The normalized spacial score (nSPS) is 24.5. The monoisotopic (exact) mass is 254 g/mol. The molecule has 2 heteroatoms. The fraction of sp³-hybridized carbons (Fsp3) is 1.00. The van der Waals surface area contributed by atoms with Gasteiger partial charge in [0.2, 0.25) is 0 Å². The topological polar surface area (TPSA) is 29.3 Å². The van der Waals surface area contributed by atoms with Crippen molar-refractivity contribution in [3.05, 3.63) is 0 Å². The van der Waals surface area contributed by atoms with Gasteiger partial charge >= 0.3 is 0 Å². The van der Waals surface area contributed by atoms with Crippen molar-refractivity contribution < 1.29 is 0 Å². The molecule has 3 unspecified atom stereocenters. The highest BCUT2D eigenvalue weighted by Gasteiger charge is 2.36. The lowest BCUT2D eigenvalue weighted by atomic mass is 9.81. The van der Waals surface area contributed by atoms with Crippen LogP contribution < -0.4 is 5.73 Å². The van der Waals surface area contributed by atoms with Gasteiger partial charge in [0.1, 0.15) is 0 Å². The first-order chi connectivity index (χ1) is 8.54. The quantitative estimate of drug-likeness (QED) is 0.749. The molecule has 0 aliphatic carbocycles. The number of likely N-dealkylation sites (tertiary alicyclic amines) is 1. The van der Waals surface area contributed by atoms with Crippen molar-refractivity contribution in [3.8, 4) is 0 Å². The van der Waals surface area contributed by atoms with Crippen molar-refractivity contribution in [1.29, 1.82) is 0 Å². The Kier molecular flexibility index (Phi) is 6.65. The fourth-order valence-corrected chi connectivity index (χ4v) is 3.42. The molecule has 2 nitrogen and oxygen atoms in total. The van der Waals surface area contributed by atoms with Gasteiger partial charge in [0, 0.05) is 11.6 Å². The molecule has 1 fully saturated rings. The first-order valence-electron chi connectivity index (χ1n) is 8.05. The van der Waals surface area contributed by atoms with Crippen LogP contribution in [0.3, 0.4) is 0 Å². The molecule has 3 atom stereocenters. The SMILES string of the molecule is CCCC(C)CC(N)C(C)(CC)N1CCCCC1. The zero-order valence-electron chi connectivity index (χ0n) is 13.0. The summed E-state index contributed by atoms with van der Waals surface area (Å²) in [7, 11) is 0. The summed E-state index contributed by atoms with van der Waals surface area (Å²) in [5.74, 6) is 0.765. The summed E-state index contributed by atoms with van der Waals surface area (Å²) in [6.07, 6.45) is 9.05. The van der Waals surface area contributed by atoms with E-state index in [1.165, 1.54) is 58.0 Å². The largest absolute Gasteiger partial charge is 0.326 e. The lowest BCUT2D eigenvalue weighted by molar-refractivity contribution is 0.0476. The third-order valence-corrected chi connectivity index (χ3v) is 5.03. The Hall–Kier alpha value is -0.0800. The molecule has 0 aromatic carbocycles. The smallest absolute Gasteiger partial charge is 0.0329 e. The summed E-state index contributed by atoms with van der Waals surface area (Å²) >= 11 is 0. The molecule has 0 aromatic rings. The zero-order valence-corrected chi connectivity index (χ0v) is 13.0. The Morgan fingerprint density at radius 3 is 2.28 bits per heavy atom. The van der Waals surface area contributed by atoms with Gasteiger partial charge in [-0.2, -0.15) is 0 Å². The number of piperidine rings is 1. The van der Waals surface area contributed by atoms with Crippen LogP contribution in [-0.2, 0) is 0 Å². The molecule has 2 N–H and O–H groups in total. The Bertz CT molecular complexity index is 223. The van der Waals surface area contributed by atoms with Gasteiger partial charge in [-0.05, 0) is 51.6 Å². The van der Waals surface area contributed by atoms with E-state index >= 15 is 0 Å². The second-order valence-electron chi connectivity index (χ2n) is 6.49. The average molecular weight is 254 g/mol. The van der Waals surface area contributed by atoms with Crippen LogP contribution in [0.15, 0.2) is 0 Å². The summed E-state index contributed by atoms with van der Waals surface area (Å²) in [4.78, 5) is 2.67. The maximum Gasteiger partial charge on any atom is 0.0329 e. The number of rotatable bonds is 7. The van der Waals surface area contributed by atoms with Gasteiger partial charge in [0.05, 0.1) is 0 Å². The summed E-state index contributed by atoms with van der Waals surface area (Å²) in [5, 5.41) is 0. The number of nitrogens with two attached hydrogens (primary N) is 1. The summed E-state index contributed by atoms with van der Waals surface area (Å²) in [6, 6.07) is 0.321. The second kappa shape index (κ2) is 7.49. The summed E-state index contributed by atoms with van der Waals surface area (Å²) in [6.45, 7) is 11.8. The zero-order chi connectivity index (χ0) is 13.6. The molecule has 0 bridgehead atoms. The molecule has 1 aliphatic rings. The lowest BCUT2D eigenvalue weighted by Gasteiger charge is -2.47. The van der Waals surface area contributed by atoms with E-state index in [0.29, 0.717) is 6.04 Å². The minimum absolute atomic E-state index is 0.211. The first-order valence-corrected chi connectivity index (χ1v) is 8.05. The highest BCUT2D eigenvalue weighted by Crippen LogP contribution is 2.30. The molecule has 0 aromatic heterocycles. The highest BCUT2D eigenvalue weighted by atomic mass is 15.2. The van der Waals surface area contributed by atoms with Crippen molar-refractivity contribution in [2.45, 2.75) is 84.2 Å². The predicted octanol–water partition coefficient (Wildman–Crippen LogP) is 3.79. The molecule has 1 aliphatic heterocycles. The predicted molar refractivity (Wildman–Crippen MR) is 80.8 cm³/mol. The molecule has 0 saturated carbocycles. The van der Waals surface area contributed by atoms with E-state index in [1.807, 2.05) is 0 Å². The van der Waals surface area contributed by atoms with Gasteiger partial charge in [-0.3, -0.25) is 4.90 Å². The lowest BCUT2D eigenvalue weighted by Crippen LogP contribution is -2.59.